The summed E-state index contributed by atoms with van der Waals surface area (Å²) >= 11 is 0. The number of hydrogen-bond donors (Lipinski definition) is 2. The average molecular weight is 392 g/mol. The summed E-state index contributed by atoms with van der Waals surface area (Å²) in [6, 6.07) is 12.8. The third-order valence-corrected chi connectivity index (χ3v) is 4.78. The molecule has 2 N–H and O–H groups in total. The molecule has 7 heteroatoms. The van der Waals surface area contributed by atoms with Gasteiger partial charge in [-0.1, -0.05) is 24.3 Å². The van der Waals surface area contributed by atoms with E-state index in [1.165, 1.54) is 5.01 Å². The highest BCUT2D eigenvalue weighted by Crippen LogP contribution is 2.25. The van der Waals surface area contributed by atoms with Crippen molar-refractivity contribution in [1.82, 2.24) is 10.6 Å². The minimum Gasteiger partial charge on any atom is -0.355 e. The van der Waals surface area contributed by atoms with Gasteiger partial charge in [0.05, 0.1) is 5.69 Å². The monoisotopic (exact) mass is 392 g/mol. The summed E-state index contributed by atoms with van der Waals surface area (Å²) in [5, 5.41) is 11.1. The van der Waals surface area contributed by atoms with Gasteiger partial charge in [-0.2, -0.15) is 5.10 Å². The lowest BCUT2D eigenvalue weighted by atomic mass is 10.1. The fraction of sp³-hybridized carbons (Fsp3) is 0.273. The molecule has 0 saturated heterocycles. The molecule has 2 aromatic carbocycles. The maximum Gasteiger partial charge on any atom is 0.267 e. The Morgan fingerprint density at radius 3 is 2.45 bits per heavy atom. The highest BCUT2D eigenvalue weighted by molar-refractivity contribution is 6.40. The Labute approximate surface area is 169 Å². The zero-order valence-corrected chi connectivity index (χ0v) is 16.8. The van der Waals surface area contributed by atoms with Crippen LogP contribution in [0.25, 0.3) is 0 Å². The summed E-state index contributed by atoms with van der Waals surface area (Å²) < 4.78 is 0. The van der Waals surface area contributed by atoms with Crippen LogP contribution in [-0.4, -0.2) is 30.5 Å². The van der Waals surface area contributed by atoms with Crippen LogP contribution in [0.4, 0.5) is 5.69 Å². The first-order valence-electron chi connectivity index (χ1n) is 9.46. The van der Waals surface area contributed by atoms with E-state index in [-0.39, 0.29) is 24.1 Å². The number of benzene rings is 2. The quantitative estimate of drug-likeness (QED) is 0.819. The van der Waals surface area contributed by atoms with Crippen molar-refractivity contribution in [1.29, 1.82) is 0 Å². The first-order chi connectivity index (χ1) is 13.9. The molecule has 1 aliphatic heterocycles. The van der Waals surface area contributed by atoms with E-state index < -0.39 is 0 Å². The van der Waals surface area contributed by atoms with Gasteiger partial charge in [-0.05, 0) is 48.7 Å². The molecule has 0 bridgehead atoms. The van der Waals surface area contributed by atoms with E-state index >= 15 is 0 Å². The highest BCUT2D eigenvalue weighted by Gasteiger charge is 2.26. The number of rotatable bonds is 5. The predicted octanol–water partition coefficient (Wildman–Crippen LogP) is 2.46. The van der Waals surface area contributed by atoms with E-state index in [1.54, 1.807) is 31.3 Å². The van der Waals surface area contributed by atoms with Crippen molar-refractivity contribution in [3.63, 3.8) is 0 Å². The lowest BCUT2D eigenvalue weighted by molar-refractivity contribution is -0.119. The first kappa shape index (κ1) is 20.3. The molecule has 0 fully saturated rings. The van der Waals surface area contributed by atoms with E-state index in [2.05, 4.69) is 15.7 Å². The van der Waals surface area contributed by atoms with E-state index in [1.807, 2.05) is 32.0 Å². The van der Waals surface area contributed by atoms with Crippen LogP contribution in [0.2, 0.25) is 0 Å². The number of nitrogens with zero attached hydrogens (tertiary/aromatic N) is 2. The number of hydrazone groups is 1. The Morgan fingerprint density at radius 1 is 1.03 bits per heavy atom. The van der Waals surface area contributed by atoms with Gasteiger partial charge in [-0.25, -0.2) is 5.01 Å². The molecule has 7 nitrogen and oxygen atoms in total. The van der Waals surface area contributed by atoms with E-state index in [0.717, 1.165) is 16.7 Å². The number of nitrogens with one attached hydrogen (secondary N) is 2. The molecule has 2 aromatic rings. The van der Waals surface area contributed by atoms with Crippen molar-refractivity contribution in [3.8, 4) is 0 Å². The van der Waals surface area contributed by atoms with Crippen LogP contribution in [0.3, 0.4) is 0 Å². The van der Waals surface area contributed by atoms with Gasteiger partial charge in [-0.3, -0.25) is 14.4 Å². The van der Waals surface area contributed by atoms with Crippen LogP contribution in [0.15, 0.2) is 47.6 Å². The molecule has 0 aromatic heterocycles. The first-order valence-corrected chi connectivity index (χ1v) is 9.46. The van der Waals surface area contributed by atoms with E-state index in [9.17, 15) is 14.4 Å². The fourth-order valence-electron chi connectivity index (χ4n) is 3.06. The molecule has 0 unspecified atom stereocenters. The lowest BCUT2D eigenvalue weighted by Crippen LogP contribution is -2.39. The molecular weight excluding hydrogens is 368 g/mol. The summed E-state index contributed by atoms with van der Waals surface area (Å²) in [5.74, 6) is -0.587. The van der Waals surface area contributed by atoms with Crippen LogP contribution in [0, 0.1) is 13.8 Å². The van der Waals surface area contributed by atoms with Crippen LogP contribution in [0.1, 0.15) is 39.9 Å². The van der Waals surface area contributed by atoms with Crippen molar-refractivity contribution in [3.05, 3.63) is 64.7 Å². The molecule has 29 heavy (non-hydrogen) atoms. The molecule has 1 heterocycles. The van der Waals surface area contributed by atoms with Gasteiger partial charge in [0.2, 0.25) is 5.91 Å². The van der Waals surface area contributed by atoms with Crippen molar-refractivity contribution in [2.75, 3.05) is 12.1 Å². The SMILES string of the molecule is CNC(=O)c1ccc(CNC(=O)C2=NN(c3cc(C)ccc3C)C(=O)CC2)cc1. The summed E-state index contributed by atoms with van der Waals surface area (Å²) in [5.41, 5.74) is 4.39. The van der Waals surface area contributed by atoms with Crippen molar-refractivity contribution < 1.29 is 14.4 Å². The minimum atomic E-state index is -0.303. The Bertz CT molecular complexity index is 980. The molecule has 3 amide bonds. The smallest absolute Gasteiger partial charge is 0.267 e. The van der Waals surface area contributed by atoms with Gasteiger partial charge >= 0.3 is 0 Å². The largest absolute Gasteiger partial charge is 0.355 e. The summed E-state index contributed by atoms with van der Waals surface area (Å²) in [6.07, 6.45) is 0.544. The molecule has 150 valence electrons. The van der Waals surface area contributed by atoms with Crippen molar-refractivity contribution in [2.45, 2.75) is 33.2 Å². The molecule has 0 radical (unpaired) electrons. The molecule has 0 aliphatic carbocycles. The number of amides is 3. The summed E-state index contributed by atoms with van der Waals surface area (Å²) in [6.45, 7) is 4.17. The number of carbonyl (C=O) groups excluding carboxylic acids is 3. The van der Waals surface area contributed by atoms with Gasteiger partial charge in [0, 0.05) is 32.0 Å². The molecule has 0 atom stereocenters. The zero-order chi connectivity index (χ0) is 21.0. The third kappa shape index (κ3) is 4.68. The number of aryl methyl sites for hydroxylation is 2. The number of carbonyl (C=O) groups is 3. The predicted molar refractivity (Wildman–Crippen MR) is 112 cm³/mol. The van der Waals surface area contributed by atoms with Crippen molar-refractivity contribution >= 4 is 29.1 Å². The Kier molecular flexibility index (Phi) is 6.07. The van der Waals surface area contributed by atoms with E-state index in [0.29, 0.717) is 29.9 Å². The molecule has 3 rings (SSSR count). The fourth-order valence-corrected chi connectivity index (χ4v) is 3.06. The molecule has 0 spiro atoms. The topological polar surface area (TPSA) is 90.9 Å². The molecule has 1 aliphatic rings. The minimum absolute atomic E-state index is 0.125. The summed E-state index contributed by atoms with van der Waals surface area (Å²) in [4.78, 5) is 36.5. The van der Waals surface area contributed by atoms with Gasteiger partial charge in [-0.15, -0.1) is 0 Å². The van der Waals surface area contributed by atoms with E-state index in [4.69, 9.17) is 0 Å². The standard InChI is InChI=1S/C22H24N4O3/c1-14-4-5-15(2)19(12-14)26-20(27)11-10-18(25-26)22(29)24-13-16-6-8-17(9-7-16)21(28)23-3/h4-9,12H,10-11,13H2,1-3H3,(H,23,28)(H,24,29). The second-order valence-electron chi connectivity index (χ2n) is 7.00. The van der Waals surface area contributed by atoms with Gasteiger partial charge in [0.15, 0.2) is 0 Å². The van der Waals surface area contributed by atoms with Crippen LogP contribution in [-0.2, 0) is 16.1 Å². The third-order valence-electron chi connectivity index (χ3n) is 4.78. The number of anilines is 1. The molecular formula is C22H24N4O3. The van der Waals surface area contributed by atoms with Crippen LogP contribution in [0.5, 0.6) is 0 Å². The Hall–Kier alpha value is -3.48. The normalized spacial score (nSPS) is 13.7. The highest BCUT2D eigenvalue weighted by atomic mass is 16.2. The van der Waals surface area contributed by atoms with Gasteiger partial charge in [0.1, 0.15) is 5.71 Å². The maximum atomic E-state index is 12.6. The second-order valence-corrected chi connectivity index (χ2v) is 7.00. The van der Waals surface area contributed by atoms with Gasteiger partial charge in [0.25, 0.3) is 11.8 Å². The molecule has 0 saturated carbocycles. The average Bonchev–Trinajstić information content (AvgIpc) is 2.74. The van der Waals surface area contributed by atoms with Crippen molar-refractivity contribution in [2.24, 2.45) is 5.10 Å². The number of hydrogen-bond acceptors (Lipinski definition) is 4. The van der Waals surface area contributed by atoms with Crippen LogP contribution >= 0.6 is 0 Å². The summed E-state index contributed by atoms with van der Waals surface area (Å²) in [7, 11) is 1.58. The van der Waals surface area contributed by atoms with Crippen LogP contribution < -0.4 is 15.6 Å². The Balaban J connectivity index is 1.71. The lowest BCUT2D eigenvalue weighted by Gasteiger charge is -2.24. The zero-order valence-electron chi connectivity index (χ0n) is 16.8. The van der Waals surface area contributed by atoms with Gasteiger partial charge < -0.3 is 10.6 Å². The Morgan fingerprint density at radius 2 is 1.76 bits per heavy atom. The second kappa shape index (κ2) is 8.68. The maximum absolute atomic E-state index is 12.6.